The summed E-state index contributed by atoms with van der Waals surface area (Å²) in [6.45, 7) is 17.3. The molecule has 2 bridgehead atoms. The number of carbonyl (C=O) groups excluding carboxylic acids is 2. The number of fused-ring (bicyclic) bond motifs is 2. The molecule has 6 N–H and O–H groups in total. The van der Waals surface area contributed by atoms with Crippen LogP contribution in [0.3, 0.4) is 0 Å². The average Bonchev–Trinajstić information content (AvgIpc) is 3.36. The lowest BCUT2D eigenvalue weighted by molar-refractivity contribution is -0.318. The topological polar surface area (TPSA) is 212 Å². The van der Waals surface area contributed by atoms with Crippen molar-refractivity contribution in [3.8, 4) is 0 Å². The predicted octanol–water partition coefficient (Wildman–Crippen LogP) is 5.00. The number of halogens is 1. The number of amides is 1. The number of methoxy groups -OCH3 is 1. The highest BCUT2D eigenvalue weighted by Gasteiger charge is 2.53. The number of hydrogen-bond donors (Lipinski definition) is 6. The second kappa shape index (κ2) is 26.3. The van der Waals surface area contributed by atoms with E-state index in [9.17, 15) is 39.5 Å². The van der Waals surface area contributed by atoms with Gasteiger partial charge in [-0.25, -0.2) is 4.39 Å². The number of cyclic esters (lactones) is 1. The SMILES string of the molecule is CC[C@H]1OC(=O)[C@H](C)[C@@H](O[C@H]2CC(C)(OC)[C@@H](O)[C@H](C)O2)[C@H](C)[C@@H](O[C@@H]2O[C@H](C)C[C@H](N(C)CCC(=O)N[C@H](CF)Cc3ccc(C4=CC5CCCC(C4)N5C)cc3)[C@H]2O)C(C)(O)C[C@@H](C)CN(C)[C@H](C)[C@@H](O)C1(C)O. The molecule has 0 spiro atoms. The van der Waals surface area contributed by atoms with Crippen molar-refractivity contribution in [1.82, 2.24) is 20.0 Å². The van der Waals surface area contributed by atoms with Crippen molar-refractivity contribution in [2.75, 3.05) is 48.0 Å². The first-order valence-corrected chi connectivity index (χ1v) is 28.3. The van der Waals surface area contributed by atoms with Gasteiger partial charge >= 0.3 is 5.97 Å². The highest BCUT2D eigenvalue weighted by molar-refractivity contribution is 5.76. The number of rotatable bonds is 15. The predicted molar refractivity (Wildman–Crippen MR) is 288 cm³/mol. The molecule has 5 heterocycles. The fourth-order valence-electron chi connectivity index (χ4n) is 13.1. The molecule has 0 saturated carbocycles. The van der Waals surface area contributed by atoms with Gasteiger partial charge in [0.2, 0.25) is 5.91 Å². The van der Waals surface area contributed by atoms with E-state index in [1.807, 2.05) is 49.9 Å². The van der Waals surface area contributed by atoms with Gasteiger partial charge in [-0.1, -0.05) is 57.5 Å². The van der Waals surface area contributed by atoms with Crippen LogP contribution in [0.2, 0.25) is 0 Å². The first-order valence-electron chi connectivity index (χ1n) is 28.3. The average molecular weight is 1080 g/mol. The van der Waals surface area contributed by atoms with Crippen LogP contribution in [0.25, 0.3) is 5.57 Å². The highest BCUT2D eigenvalue weighted by Crippen LogP contribution is 2.41. The Morgan fingerprint density at radius 2 is 1.66 bits per heavy atom. The lowest BCUT2D eigenvalue weighted by Gasteiger charge is -2.49. The number of aliphatic hydroxyl groups is 5. The molecule has 4 saturated heterocycles. The molecule has 4 fully saturated rings. The Hall–Kier alpha value is -2.69. The Morgan fingerprint density at radius 3 is 2.29 bits per heavy atom. The maximum Gasteiger partial charge on any atom is 0.311 e. The quantitative estimate of drug-likeness (QED) is 0.128. The van der Waals surface area contributed by atoms with Crippen molar-refractivity contribution in [2.45, 2.75) is 242 Å². The Kier molecular flexibility index (Phi) is 21.6. The van der Waals surface area contributed by atoms with Crippen LogP contribution in [-0.2, 0) is 44.4 Å². The molecule has 21 atom stereocenters. The van der Waals surface area contributed by atoms with Crippen LogP contribution in [0.15, 0.2) is 30.3 Å². The van der Waals surface area contributed by atoms with Crippen LogP contribution in [-0.4, -0.2) is 209 Å². The van der Waals surface area contributed by atoms with Gasteiger partial charge in [0, 0.05) is 63.1 Å². The smallest absolute Gasteiger partial charge is 0.311 e. The monoisotopic (exact) mass is 1080 g/mol. The third kappa shape index (κ3) is 14.6. The molecule has 1 aromatic carbocycles. The zero-order chi connectivity index (χ0) is 56.2. The molecule has 5 aliphatic heterocycles. The van der Waals surface area contributed by atoms with Crippen molar-refractivity contribution in [1.29, 1.82) is 0 Å². The van der Waals surface area contributed by atoms with E-state index in [0.717, 1.165) is 12.0 Å². The van der Waals surface area contributed by atoms with Gasteiger partial charge in [-0.15, -0.1) is 0 Å². The standard InChI is InChI=1S/C58H97FN4O13/c1-15-46-58(10,70)51(66)37(6)62(12)32-33(2)29-56(8,69)53(35(4)50(36(5)54(68)74-46)75-48-30-57(9,71-14)52(67)38(7)73-48)76-55-49(65)45(25-34(3)72-55)61(11)24-23-47(64)60-42(31-59)26-39-19-21-40(22-20-39)41-27-43-17-16-18-44(28-41)63(43)13/h19-22,27,33-38,42-46,48-53,55,65-67,69-70H,15-18,23-26,28-32H2,1-14H3,(H,60,64)/t33-,34-,35+,36-,37-,38+,42+,43?,44?,45+,46-,48+,49-,50+,51-,52+,53-,55+,56?,57?,58?/m1/s1. The Labute approximate surface area is 453 Å². The number of nitrogens with zero attached hydrogens (tertiary/aromatic N) is 3. The number of carbonyl (C=O) groups is 2. The van der Waals surface area contributed by atoms with Gasteiger partial charge in [-0.2, -0.15) is 0 Å². The van der Waals surface area contributed by atoms with Crippen molar-refractivity contribution in [2.24, 2.45) is 17.8 Å². The summed E-state index contributed by atoms with van der Waals surface area (Å²) in [5.74, 6) is -3.23. The fourth-order valence-corrected chi connectivity index (χ4v) is 13.1. The van der Waals surface area contributed by atoms with Gasteiger partial charge in [-0.3, -0.25) is 14.5 Å². The maximum absolute atomic E-state index is 14.5. The molecular formula is C58H97FN4O13. The summed E-state index contributed by atoms with van der Waals surface area (Å²) in [4.78, 5) is 34.3. The minimum atomic E-state index is -1.86. The van der Waals surface area contributed by atoms with E-state index >= 15 is 0 Å². The first-order chi connectivity index (χ1) is 35.6. The number of likely N-dealkylation sites (N-methyl/N-ethyl adjacent to an activating group) is 3. The van der Waals surface area contributed by atoms with Crippen molar-refractivity contribution in [3.05, 3.63) is 41.5 Å². The van der Waals surface area contributed by atoms with Crippen LogP contribution in [0, 0.1) is 17.8 Å². The molecule has 17 nitrogen and oxygen atoms in total. The Bertz CT molecular complexity index is 2070. The summed E-state index contributed by atoms with van der Waals surface area (Å²) >= 11 is 0. The van der Waals surface area contributed by atoms with E-state index < -0.39 is 121 Å². The summed E-state index contributed by atoms with van der Waals surface area (Å²) in [6, 6.07) is 7.44. The van der Waals surface area contributed by atoms with Crippen molar-refractivity contribution < 1.29 is 67.9 Å². The van der Waals surface area contributed by atoms with Crippen LogP contribution < -0.4 is 5.32 Å². The second-order valence-electron chi connectivity index (χ2n) is 24.5. The van der Waals surface area contributed by atoms with Crippen molar-refractivity contribution >= 4 is 17.4 Å². The maximum atomic E-state index is 14.5. The molecule has 18 heteroatoms. The second-order valence-corrected chi connectivity index (χ2v) is 24.5. The molecule has 5 aliphatic rings. The molecule has 5 unspecified atom stereocenters. The van der Waals surface area contributed by atoms with Gasteiger partial charge < -0.3 is 69.1 Å². The van der Waals surface area contributed by atoms with Crippen LogP contribution in [0.5, 0.6) is 0 Å². The van der Waals surface area contributed by atoms with E-state index in [2.05, 4.69) is 35.5 Å². The number of aliphatic hydroxyl groups excluding tert-OH is 3. The molecule has 1 aromatic rings. The summed E-state index contributed by atoms with van der Waals surface area (Å²) in [5.41, 5.74) is -1.12. The zero-order valence-electron chi connectivity index (χ0n) is 48.2. The van der Waals surface area contributed by atoms with E-state index in [1.54, 1.807) is 48.5 Å². The lowest BCUT2D eigenvalue weighted by atomic mass is 9.77. The fraction of sp³-hybridized carbons (Fsp3) is 0.828. The number of alkyl halides is 1. The van der Waals surface area contributed by atoms with Crippen molar-refractivity contribution in [3.63, 3.8) is 0 Å². The minimum absolute atomic E-state index is 0.0412. The lowest BCUT2D eigenvalue weighted by Crippen LogP contribution is -2.61. The number of benzene rings is 1. The first kappa shape index (κ1) is 62.5. The van der Waals surface area contributed by atoms with E-state index in [1.165, 1.54) is 44.4 Å². The molecular weight excluding hydrogens is 980 g/mol. The molecule has 0 aromatic heterocycles. The summed E-state index contributed by atoms with van der Waals surface area (Å²) < 4.78 is 52.7. The van der Waals surface area contributed by atoms with E-state index in [0.29, 0.717) is 31.5 Å². The van der Waals surface area contributed by atoms with Crippen LogP contribution in [0.4, 0.5) is 4.39 Å². The van der Waals surface area contributed by atoms with Gasteiger partial charge in [0.05, 0.1) is 47.6 Å². The third-order valence-electron chi connectivity index (χ3n) is 18.1. The van der Waals surface area contributed by atoms with Gasteiger partial charge in [0.25, 0.3) is 0 Å². The van der Waals surface area contributed by atoms with Gasteiger partial charge in [0.15, 0.2) is 12.6 Å². The van der Waals surface area contributed by atoms with E-state index in [-0.39, 0.29) is 44.1 Å². The van der Waals surface area contributed by atoms with E-state index in [4.69, 9.17) is 28.4 Å². The number of hydrogen-bond acceptors (Lipinski definition) is 16. The number of ether oxygens (including phenoxy) is 6. The highest BCUT2D eigenvalue weighted by atomic mass is 19.1. The molecule has 1 amide bonds. The van der Waals surface area contributed by atoms with Crippen LogP contribution >= 0.6 is 0 Å². The van der Waals surface area contributed by atoms with Gasteiger partial charge in [0.1, 0.15) is 36.7 Å². The number of esters is 1. The molecule has 6 rings (SSSR count). The zero-order valence-corrected chi connectivity index (χ0v) is 48.2. The summed E-state index contributed by atoms with van der Waals surface area (Å²) in [6.07, 6.45) is -2.24. The minimum Gasteiger partial charge on any atom is -0.459 e. The Morgan fingerprint density at radius 1 is 0.974 bits per heavy atom. The summed E-state index contributed by atoms with van der Waals surface area (Å²) in [5, 5.41) is 62.6. The molecule has 0 aliphatic carbocycles. The largest absolute Gasteiger partial charge is 0.459 e. The third-order valence-corrected chi connectivity index (χ3v) is 18.1. The molecule has 0 radical (unpaired) electrons. The normalized spacial score (nSPS) is 42.1. The van der Waals surface area contributed by atoms with Crippen LogP contribution in [0.1, 0.15) is 138 Å². The van der Waals surface area contributed by atoms with Gasteiger partial charge in [-0.05, 0) is 137 Å². The number of piperidine rings is 1. The number of nitrogens with one attached hydrogen (secondary N) is 1. The molecule has 76 heavy (non-hydrogen) atoms. The molecule has 434 valence electrons. The Balaban J connectivity index is 1.20. The summed E-state index contributed by atoms with van der Waals surface area (Å²) in [7, 11) is 7.34.